The molecule has 0 spiro atoms. The predicted molar refractivity (Wildman–Crippen MR) is 56.3 cm³/mol. The molecule has 0 radical (unpaired) electrons. The molecular weight excluding hydrogens is 195 g/mol. The number of aromatic nitrogens is 2. The van der Waals surface area contributed by atoms with Crippen molar-refractivity contribution < 1.29 is 4.39 Å². The van der Waals surface area contributed by atoms with Gasteiger partial charge in [-0.2, -0.15) is 0 Å². The number of halogens is 1. The summed E-state index contributed by atoms with van der Waals surface area (Å²) < 4.78 is 12.6. The smallest absolute Gasteiger partial charge is 0.225 e. The highest BCUT2D eigenvalue weighted by Gasteiger charge is 2.19. The summed E-state index contributed by atoms with van der Waals surface area (Å²) in [5.74, 6) is 0.209. The van der Waals surface area contributed by atoms with E-state index in [0.29, 0.717) is 12.0 Å². The van der Waals surface area contributed by atoms with E-state index in [0.717, 1.165) is 25.9 Å². The lowest BCUT2D eigenvalue weighted by Gasteiger charge is -2.31. The number of nitrogens with one attached hydrogen (secondary N) is 1. The number of nitrogens with zero attached hydrogens (tertiary/aromatic N) is 3. The minimum absolute atomic E-state index is 0.391. The maximum Gasteiger partial charge on any atom is 0.225 e. The summed E-state index contributed by atoms with van der Waals surface area (Å²) in [4.78, 5) is 9.97. The highest BCUT2D eigenvalue weighted by molar-refractivity contribution is 5.29. The summed E-state index contributed by atoms with van der Waals surface area (Å²) in [5.41, 5.74) is 0. The minimum Gasteiger partial charge on any atom is -0.341 e. The van der Waals surface area contributed by atoms with Crippen LogP contribution in [0.5, 0.6) is 0 Å². The molecule has 1 fully saturated rings. The summed E-state index contributed by atoms with van der Waals surface area (Å²) in [7, 11) is 1.96. The number of rotatable bonds is 2. The largest absolute Gasteiger partial charge is 0.341 e. The average molecular weight is 210 g/mol. The van der Waals surface area contributed by atoms with Crippen molar-refractivity contribution in [2.75, 3.05) is 25.0 Å². The molecule has 1 aliphatic heterocycles. The first-order chi connectivity index (χ1) is 7.27. The third-order valence-corrected chi connectivity index (χ3v) is 2.78. The van der Waals surface area contributed by atoms with Crippen LogP contribution in [0.15, 0.2) is 12.4 Å². The van der Waals surface area contributed by atoms with Gasteiger partial charge in [-0.05, 0) is 25.9 Å². The molecule has 0 unspecified atom stereocenters. The van der Waals surface area contributed by atoms with Gasteiger partial charge in [0.25, 0.3) is 0 Å². The van der Waals surface area contributed by atoms with E-state index in [9.17, 15) is 4.39 Å². The molecule has 0 aliphatic carbocycles. The summed E-state index contributed by atoms with van der Waals surface area (Å²) in [5, 5.41) is 3.30. The molecule has 1 aliphatic rings. The SMILES string of the molecule is CN(c1ncc(F)cn1)C1CCNCC1. The molecular formula is C10H15FN4. The van der Waals surface area contributed by atoms with Crippen molar-refractivity contribution in [3.8, 4) is 0 Å². The van der Waals surface area contributed by atoms with Crippen molar-refractivity contribution in [1.82, 2.24) is 15.3 Å². The van der Waals surface area contributed by atoms with Gasteiger partial charge in [0.15, 0.2) is 5.82 Å². The van der Waals surface area contributed by atoms with E-state index in [4.69, 9.17) is 0 Å². The minimum atomic E-state index is -0.391. The van der Waals surface area contributed by atoms with Crippen LogP contribution in [0.2, 0.25) is 0 Å². The Kier molecular flexibility index (Phi) is 3.11. The van der Waals surface area contributed by atoms with E-state index >= 15 is 0 Å². The number of hydrogen-bond donors (Lipinski definition) is 1. The molecule has 0 amide bonds. The lowest BCUT2D eigenvalue weighted by atomic mass is 10.1. The van der Waals surface area contributed by atoms with Gasteiger partial charge in [-0.15, -0.1) is 0 Å². The summed E-state index contributed by atoms with van der Waals surface area (Å²) in [6, 6.07) is 0.455. The molecule has 0 bridgehead atoms. The van der Waals surface area contributed by atoms with Gasteiger partial charge < -0.3 is 10.2 Å². The van der Waals surface area contributed by atoms with Crippen LogP contribution >= 0.6 is 0 Å². The van der Waals surface area contributed by atoms with E-state index in [2.05, 4.69) is 15.3 Å². The summed E-state index contributed by atoms with van der Waals surface area (Å²) in [6.45, 7) is 2.05. The molecule has 0 saturated carbocycles. The van der Waals surface area contributed by atoms with Gasteiger partial charge in [0.05, 0.1) is 12.4 Å². The zero-order chi connectivity index (χ0) is 10.7. The van der Waals surface area contributed by atoms with E-state index in [1.807, 2.05) is 11.9 Å². The second-order valence-corrected chi connectivity index (χ2v) is 3.79. The zero-order valence-electron chi connectivity index (χ0n) is 8.78. The van der Waals surface area contributed by atoms with Gasteiger partial charge in [-0.3, -0.25) is 0 Å². The topological polar surface area (TPSA) is 41.1 Å². The Balaban J connectivity index is 2.05. The maximum atomic E-state index is 12.6. The molecule has 2 rings (SSSR count). The van der Waals surface area contributed by atoms with Crippen molar-refractivity contribution in [3.05, 3.63) is 18.2 Å². The first-order valence-corrected chi connectivity index (χ1v) is 5.18. The third-order valence-electron chi connectivity index (χ3n) is 2.78. The first kappa shape index (κ1) is 10.3. The fraction of sp³-hybridized carbons (Fsp3) is 0.600. The molecule has 82 valence electrons. The van der Waals surface area contributed by atoms with Crippen LogP contribution in [0.3, 0.4) is 0 Å². The zero-order valence-corrected chi connectivity index (χ0v) is 8.78. The molecule has 1 saturated heterocycles. The molecule has 1 aromatic rings. The van der Waals surface area contributed by atoms with Crippen molar-refractivity contribution in [1.29, 1.82) is 0 Å². The number of anilines is 1. The van der Waals surface area contributed by atoms with Crippen LogP contribution in [-0.4, -0.2) is 36.1 Å². The van der Waals surface area contributed by atoms with Gasteiger partial charge in [-0.1, -0.05) is 0 Å². The lowest BCUT2D eigenvalue weighted by molar-refractivity contribution is 0.439. The Morgan fingerprint density at radius 3 is 2.53 bits per heavy atom. The standard InChI is InChI=1S/C10H15FN4/c1-15(9-2-4-12-5-3-9)10-13-6-8(11)7-14-10/h6-7,9,12H,2-5H2,1H3. The quantitative estimate of drug-likeness (QED) is 0.784. The highest BCUT2D eigenvalue weighted by atomic mass is 19.1. The predicted octanol–water partition coefficient (Wildman–Crippen LogP) is 0.804. The van der Waals surface area contributed by atoms with Crippen LogP contribution in [0.25, 0.3) is 0 Å². The third kappa shape index (κ3) is 2.41. The van der Waals surface area contributed by atoms with E-state index in [-0.39, 0.29) is 0 Å². The van der Waals surface area contributed by atoms with E-state index in [1.54, 1.807) is 0 Å². The van der Waals surface area contributed by atoms with Gasteiger partial charge in [0, 0.05) is 13.1 Å². The van der Waals surface area contributed by atoms with Crippen LogP contribution in [0.1, 0.15) is 12.8 Å². The molecule has 0 atom stereocenters. The Bertz CT molecular complexity index is 308. The lowest BCUT2D eigenvalue weighted by Crippen LogP contribution is -2.41. The second kappa shape index (κ2) is 4.53. The Hall–Kier alpha value is -1.23. The fourth-order valence-electron chi connectivity index (χ4n) is 1.84. The van der Waals surface area contributed by atoms with E-state index in [1.165, 1.54) is 12.4 Å². The van der Waals surface area contributed by atoms with Crippen LogP contribution in [0, 0.1) is 5.82 Å². The van der Waals surface area contributed by atoms with Gasteiger partial charge in [0.1, 0.15) is 0 Å². The molecule has 2 heterocycles. The van der Waals surface area contributed by atoms with Crippen LogP contribution in [-0.2, 0) is 0 Å². The summed E-state index contributed by atoms with van der Waals surface area (Å²) in [6.07, 6.45) is 4.58. The number of hydrogen-bond acceptors (Lipinski definition) is 4. The van der Waals surface area contributed by atoms with Crippen molar-refractivity contribution in [2.45, 2.75) is 18.9 Å². The number of piperidine rings is 1. The second-order valence-electron chi connectivity index (χ2n) is 3.79. The highest BCUT2D eigenvalue weighted by Crippen LogP contribution is 2.15. The molecule has 0 aromatic carbocycles. The normalized spacial score (nSPS) is 17.7. The van der Waals surface area contributed by atoms with Crippen LogP contribution < -0.4 is 10.2 Å². The first-order valence-electron chi connectivity index (χ1n) is 5.18. The fourth-order valence-corrected chi connectivity index (χ4v) is 1.84. The Morgan fingerprint density at radius 1 is 1.33 bits per heavy atom. The monoisotopic (exact) mass is 210 g/mol. The maximum absolute atomic E-state index is 12.6. The molecule has 5 heteroatoms. The summed E-state index contributed by atoms with van der Waals surface area (Å²) >= 11 is 0. The van der Waals surface area contributed by atoms with Crippen molar-refractivity contribution in [3.63, 3.8) is 0 Å². The molecule has 4 nitrogen and oxygen atoms in total. The van der Waals surface area contributed by atoms with E-state index < -0.39 is 5.82 Å². The molecule has 1 aromatic heterocycles. The average Bonchev–Trinajstić information content (AvgIpc) is 2.30. The van der Waals surface area contributed by atoms with Gasteiger partial charge >= 0.3 is 0 Å². The van der Waals surface area contributed by atoms with Crippen LogP contribution in [0.4, 0.5) is 10.3 Å². The van der Waals surface area contributed by atoms with Crippen molar-refractivity contribution in [2.24, 2.45) is 0 Å². The van der Waals surface area contributed by atoms with Crippen molar-refractivity contribution >= 4 is 5.95 Å². The van der Waals surface area contributed by atoms with Gasteiger partial charge in [-0.25, -0.2) is 14.4 Å². The Labute approximate surface area is 88.5 Å². The van der Waals surface area contributed by atoms with Gasteiger partial charge in [0.2, 0.25) is 5.95 Å². The molecule has 1 N–H and O–H groups in total. The Morgan fingerprint density at radius 2 is 1.93 bits per heavy atom. The molecule has 15 heavy (non-hydrogen) atoms.